The highest BCUT2D eigenvalue weighted by Gasteiger charge is 2.35. The van der Waals surface area contributed by atoms with E-state index >= 15 is 0 Å². The van der Waals surface area contributed by atoms with Gasteiger partial charge in [-0.3, -0.25) is 4.90 Å². The lowest BCUT2D eigenvalue weighted by Gasteiger charge is -2.42. The molecule has 20 heavy (non-hydrogen) atoms. The zero-order chi connectivity index (χ0) is 14.3. The van der Waals surface area contributed by atoms with E-state index < -0.39 is 6.10 Å². The molecule has 2 aliphatic heterocycles. The molecule has 2 atom stereocenters. The Morgan fingerprint density at radius 1 is 1.15 bits per heavy atom. The summed E-state index contributed by atoms with van der Waals surface area (Å²) in [4.78, 5) is 4.69. The Kier molecular flexibility index (Phi) is 3.71. The lowest BCUT2D eigenvalue weighted by Crippen LogP contribution is -2.53. The Labute approximate surface area is 120 Å². The van der Waals surface area contributed by atoms with E-state index in [4.69, 9.17) is 4.74 Å². The van der Waals surface area contributed by atoms with E-state index in [2.05, 4.69) is 36.8 Å². The van der Waals surface area contributed by atoms with Crippen molar-refractivity contribution in [2.24, 2.45) is 0 Å². The van der Waals surface area contributed by atoms with Crippen molar-refractivity contribution in [1.29, 1.82) is 0 Å². The highest BCUT2D eigenvalue weighted by molar-refractivity contribution is 5.48. The number of aliphatic hydroxyl groups is 1. The van der Waals surface area contributed by atoms with Crippen LogP contribution in [0.5, 0.6) is 5.75 Å². The first-order valence-corrected chi connectivity index (χ1v) is 7.41. The number of nitrogens with zero attached hydrogens (tertiary/aromatic N) is 2. The van der Waals surface area contributed by atoms with Crippen LogP contribution in [-0.4, -0.2) is 60.8 Å². The van der Waals surface area contributed by atoms with Gasteiger partial charge in [-0.15, -0.1) is 0 Å². The van der Waals surface area contributed by atoms with Gasteiger partial charge in [0.2, 0.25) is 0 Å². The van der Waals surface area contributed by atoms with E-state index in [1.165, 1.54) is 5.56 Å². The summed E-state index contributed by atoms with van der Waals surface area (Å²) in [6.45, 7) is 8.85. The van der Waals surface area contributed by atoms with Crippen LogP contribution in [0.1, 0.15) is 22.8 Å². The summed E-state index contributed by atoms with van der Waals surface area (Å²) in [6, 6.07) is 4.18. The van der Waals surface area contributed by atoms with Crippen LogP contribution < -0.4 is 4.74 Å². The number of likely N-dealkylation sites (N-methyl/N-ethyl adjacent to an activating group) is 1. The van der Waals surface area contributed by atoms with Crippen molar-refractivity contribution in [2.45, 2.75) is 26.0 Å². The Bertz CT molecular complexity index is 495. The molecule has 0 saturated carbocycles. The van der Waals surface area contributed by atoms with Crippen LogP contribution in [0.2, 0.25) is 0 Å². The molecule has 1 saturated heterocycles. The van der Waals surface area contributed by atoms with E-state index in [0.717, 1.165) is 43.1 Å². The third kappa shape index (κ3) is 2.32. The first-order chi connectivity index (χ1) is 9.58. The maximum absolute atomic E-state index is 10.7. The first kappa shape index (κ1) is 13.9. The number of hydrogen-bond donors (Lipinski definition) is 1. The second kappa shape index (κ2) is 5.35. The molecule has 2 unspecified atom stereocenters. The second-order valence-electron chi connectivity index (χ2n) is 6.09. The second-order valence-corrected chi connectivity index (χ2v) is 6.09. The van der Waals surface area contributed by atoms with Gasteiger partial charge in [0.25, 0.3) is 0 Å². The van der Waals surface area contributed by atoms with Gasteiger partial charge in [-0.2, -0.15) is 0 Å². The Morgan fingerprint density at radius 3 is 2.55 bits per heavy atom. The fourth-order valence-electron chi connectivity index (χ4n) is 3.16. The molecule has 0 aliphatic carbocycles. The van der Waals surface area contributed by atoms with Crippen molar-refractivity contribution in [3.63, 3.8) is 0 Å². The van der Waals surface area contributed by atoms with E-state index in [0.29, 0.717) is 6.61 Å². The van der Waals surface area contributed by atoms with Gasteiger partial charge < -0.3 is 14.7 Å². The van der Waals surface area contributed by atoms with Crippen LogP contribution >= 0.6 is 0 Å². The van der Waals surface area contributed by atoms with Gasteiger partial charge in [-0.05, 0) is 32.0 Å². The van der Waals surface area contributed by atoms with Crippen molar-refractivity contribution >= 4 is 0 Å². The van der Waals surface area contributed by atoms with E-state index in [1.54, 1.807) is 0 Å². The molecular weight excluding hydrogens is 252 g/mol. The fraction of sp³-hybridized carbons (Fsp3) is 0.625. The van der Waals surface area contributed by atoms with Gasteiger partial charge in [0.1, 0.15) is 18.5 Å². The number of piperazine rings is 1. The van der Waals surface area contributed by atoms with Crippen LogP contribution in [0.15, 0.2) is 12.1 Å². The topological polar surface area (TPSA) is 35.9 Å². The normalized spacial score (nSPS) is 28.0. The molecule has 0 bridgehead atoms. The van der Waals surface area contributed by atoms with Crippen LogP contribution in [0.25, 0.3) is 0 Å². The molecule has 1 N–H and O–H groups in total. The summed E-state index contributed by atoms with van der Waals surface area (Å²) in [5.41, 5.74) is 3.32. The maximum atomic E-state index is 10.7. The Balaban J connectivity index is 1.82. The van der Waals surface area contributed by atoms with Crippen LogP contribution in [0, 0.1) is 13.8 Å². The lowest BCUT2D eigenvalue weighted by atomic mass is 9.93. The molecule has 1 fully saturated rings. The monoisotopic (exact) mass is 276 g/mol. The minimum atomic E-state index is -0.443. The van der Waals surface area contributed by atoms with E-state index in [-0.39, 0.29) is 6.04 Å². The molecule has 1 aromatic carbocycles. The molecule has 4 nitrogen and oxygen atoms in total. The molecule has 1 aromatic rings. The fourth-order valence-corrected chi connectivity index (χ4v) is 3.16. The predicted octanol–water partition coefficient (Wildman–Crippen LogP) is 1.35. The Hall–Kier alpha value is -1.10. The molecule has 0 amide bonds. The molecule has 2 heterocycles. The molecule has 0 radical (unpaired) electrons. The number of fused-ring (bicyclic) bond motifs is 1. The van der Waals surface area contributed by atoms with Crippen LogP contribution in [0.4, 0.5) is 0 Å². The zero-order valence-electron chi connectivity index (χ0n) is 12.6. The van der Waals surface area contributed by atoms with Gasteiger partial charge in [0.05, 0.1) is 6.04 Å². The summed E-state index contributed by atoms with van der Waals surface area (Å²) < 4.78 is 5.98. The summed E-state index contributed by atoms with van der Waals surface area (Å²) in [7, 11) is 2.15. The van der Waals surface area contributed by atoms with E-state index in [9.17, 15) is 5.11 Å². The van der Waals surface area contributed by atoms with Crippen LogP contribution in [0.3, 0.4) is 0 Å². The molecule has 2 aliphatic rings. The SMILES string of the molecule is Cc1ccc2c(c1C)OCC(N1CCN(C)CC1)C2O. The number of benzene rings is 1. The average molecular weight is 276 g/mol. The van der Waals surface area contributed by atoms with Crippen LogP contribution in [-0.2, 0) is 0 Å². The van der Waals surface area contributed by atoms with Gasteiger partial charge in [-0.1, -0.05) is 12.1 Å². The summed E-state index contributed by atoms with van der Waals surface area (Å²) in [6.07, 6.45) is -0.443. The molecule has 0 aromatic heterocycles. The minimum Gasteiger partial charge on any atom is -0.491 e. The quantitative estimate of drug-likeness (QED) is 0.840. The van der Waals surface area contributed by atoms with Gasteiger partial charge in [-0.25, -0.2) is 0 Å². The van der Waals surface area contributed by atoms with Gasteiger partial charge in [0.15, 0.2) is 0 Å². The first-order valence-electron chi connectivity index (χ1n) is 7.41. The zero-order valence-corrected chi connectivity index (χ0v) is 12.6. The highest BCUT2D eigenvalue weighted by atomic mass is 16.5. The third-order valence-corrected chi connectivity index (χ3v) is 4.80. The smallest absolute Gasteiger partial charge is 0.128 e. The number of ether oxygens (including phenoxy) is 1. The molecule has 4 heteroatoms. The van der Waals surface area contributed by atoms with Crippen molar-refractivity contribution in [3.05, 3.63) is 28.8 Å². The van der Waals surface area contributed by atoms with Gasteiger partial charge in [0, 0.05) is 31.7 Å². The average Bonchev–Trinajstić information content (AvgIpc) is 2.45. The van der Waals surface area contributed by atoms with Crippen molar-refractivity contribution in [1.82, 2.24) is 9.80 Å². The standard InChI is InChI=1S/C16H24N2O2/c1-11-4-5-13-15(19)14(10-20-16(13)12(11)2)18-8-6-17(3)7-9-18/h4-5,14-15,19H,6-10H2,1-3H3. The van der Waals surface area contributed by atoms with Crippen molar-refractivity contribution in [2.75, 3.05) is 39.8 Å². The largest absolute Gasteiger partial charge is 0.491 e. The summed E-state index contributed by atoms with van der Waals surface area (Å²) >= 11 is 0. The maximum Gasteiger partial charge on any atom is 0.128 e. The number of aryl methyl sites for hydroxylation is 1. The number of hydrogen-bond acceptors (Lipinski definition) is 4. The molecular formula is C16H24N2O2. The molecule has 3 rings (SSSR count). The highest BCUT2D eigenvalue weighted by Crippen LogP contribution is 2.37. The number of aliphatic hydroxyl groups excluding tert-OH is 1. The lowest BCUT2D eigenvalue weighted by molar-refractivity contribution is -0.0143. The molecule has 0 spiro atoms. The van der Waals surface area contributed by atoms with Crippen molar-refractivity contribution < 1.29 is 9.84 Å². The Morgan fingerprint density at radius 2 is 1.85 bits per heavy atom. The van der Waals surface area contributed by atoms with E-state index in [1.807, 2.05) is 6.07 Å². The van der Waals surface area contributed by atoms with Gasteiger partial charge >= 0.3 is 0 Å². The summed E-state index contributed by atoms with van der Waals surface area (Å²) in [5, 5.41) is 10.7. The number of rotatable bonds is 1. The molecule has 110 valence electrons. The minimum absolute atomic E-state index is 0.0818. The predicted molar refractivity (Wildman–Crippen MR) is 79.2 cm³/mol. The van der Waals surface area contributed by atoms with Crippen molar-refractivity contribution in [3.8, 4) is 5.75 Å². The summed E-state index contributed by atoms with van der Waals surface area (Å²) in [5.74, 6) is 0.892. The third-order valence-electron chi connectivity index (χ3n) is 4.80.